The van der Waals surface area contributed by atoms with Crippen molar-refractivity contribution in [2.75, 3.05) is 0 Å². The van der Waals surface area contributed by atoms with Crippen LogP contribution in [0.25, 0.3) is 0 Å². The van der Waals surface area contributed by atoms with Crippen LogP contribution in [0.4, 0.5) is 0 Å². The lowest BCUT2D eigenvalue weighted by Gasteiger charge is -2.53. The number of hydrogen-bond acceptors (Lipinski definition) is 2. The van der Waals surface area contributed by atoms with Gasteiger partial charge >= 0.3 is 0 Å². The quantitative estimate of drug-likeness (QED) is 0.360. The zero-order valence-corrected chi connectivity index (χ0v) is 21.4. The van der Waals surface area contributed by atoms with Crippen molar-refractivity contribution >= 4 is 34.9 Å². The highest BCUT2D eigenvalue weighted by Crippen LogP contribution is 2.52. The fraction of sp³-hybridized carbons (Fsp3) is 0.429. The van der Waals surface area contributed by atoms with Crippen molar-refractivity contribution in [3.8, 4) is 0 Å². The van der Waals surface area contributed by atoms with Crippen LogP contribution in [0, 0.1) is 11.3 Å². The molecule has 5 heteroatoms. The fourth-order valence-electron chi connectivity index (χ4n) is 5.31. The highest BCUT2D eigenvalue weighted by molar-refractivity contribution is 6.30. The molecule has 2 aromatic carbocycles. The van der Waals surface area contributed by atoms with Gasteiger partial charge < -0.3 is 4.90 Å². The minimum atomic E-state index is -0.623. The molecule has 3 nitrogen and oxygen atoms in total. The average molecular weight is 486 g/mol. The van der Waals surface area contributed by atoms with Crippen molar-refractivity contribution in [2.24, 2.45) is 11.3 Å². The Bertz CT molecular complexity index is 1020. The van der Waals surface area contributed by atoms with Crippen LogP contribution in [0.2, 0.25) is 10.0 Å². The SMILES string of the molecule is C=CC[C@@]1(C)CC(c2cccc(Cl)c2)C(c2ccc(Cl)cc2)N(C(CC)C(C)C(C)=O)C1=O. The first kappa shape index (κ1) is 25.5. The van der Waals surface area contributed by atoms with E-state index in [4.69, 9.17) is 23.2 Å². The Morgan fingerprint density at radius 1 is 1.18 bits per heavy atom. The molecular weight excluding hydrogens is 453 g/mol. The van der Waals surface area contributed by atoms with Crippen molar-refractivity contribution in [3.63, 3.8) is 0 Å². The van der Waals surface area contributed by atoms with Gasteiger partial charge in [0, 0.05) is 27.9 Å². The predicted octanol–water partition coefficient (Wildman–Crippen LogP) is 7.64. The van der Waals surface area contributed by atoms with Crippen molar-refractivity contribution in [1.29, 1.82) is 0 Å². The van der Waals surface area contributed by atoms with Crippen LogP contribution >= 0.6 is 23.2 Å². The van der Waals surface area contributed by atoms with Crippen LogP contribution in [-0.2, 0) is 9.59 Å². The summed E-state index contributed by atoms with van der Waals surface area (Å²) in [6.07, 6.45) is 3.73. The first-order valence-corrected chi connectivity index (χ1v) is 12.3. The number of carbonyl (C=O) groups is 2. The number of halogens is 2. The molecule has 1 aliphatic heterocycles. The summed E-state index contributed by atoms with van der Waals surface area (Å²) in [6, 6.07) is 15.1. The summed E-state index contributed by atoms with van der Waals surface area (Å²) in [6.45, 7) is 11.5. The molecular formula is C28H33Cl2NO2. The summed E-state index contributed by atoms with van der Waals surface area (Å²) in [5.74, 6) is -0.124. The predicted molar refractivity (Wildman–Crippen MR) is 137 cm³/mol. The maximum atomic E-state index is 14.2. The van der Waals surface area contributed by atoms with Crippen LogP contribution in [0.15, 0.2) is 61.2 Å². The molecule has 2 aromatic rings. The summed E-state index contributed by atoms with van der Waals surface area (Å²) in [4.78, 5) is 28.6. The molecule has 1 heterocycles. The second kappa shape index (κ2) is 10.4. The molecule has 0 spiro atoms. The Morgan fingerprint density at radius 2 is 1.85 bits per heavy atom. The lowest BCUT2D eigenvalue weighted by atomic mass is 9.66. The molecule has 0 aliphatic carbocycles. The molecule has 176 valence electrons. The maximum absolute atomic E-state index is 14.2. The van der Waals surface area contributed by atoms with Gasteiger partial charge in [-0.3, -0.25) is 9.59 Å². The molecule has 0 saturated carbocycles. The van der Waals surface area contributed by atoms with Crippen LogP contribution < -0.4 is 0 Å². The lowest BCUT2D eigenvalue weighted by Crippen LogP contribution is -2.57. The number of Topliss-reactive ketones (excluding diaryl/α,β-unsaturated/α-hetero) is 1. The summed E-state index contributed by atoms with van der Waals surface area (Å²) in [5, 5.41) is 1.31. The smallest absolute Gasteiger partial charge is 0.229 e. The van der Waals surface area contributed by atoms with Gasteiger partial charge in [0.1, 0.15) is 5.78 Å². The van der Waals surface area contributed by atoms with Crippen LogP contribution in [0.3, 0.4) is 0 Å². The van der Waals surface area contributed by atoms with E-state index in [1.165, 1.54) is 0 Å². The van der Waals surface area contributed by atoms with Gasteiger partial charge in [0.05, 0.1) is 11.5 Å². The molecule has 0 radical (unpaired) electrons. The van der Waals surface area contributed by atoms with Gasteiger partial charge in [0.2, 0.25) is 5.91 Å². The van der Waals surface area contributed by atoms with E-state index in [2.05, 4.69) is 12.6 Å². The van der Waals surface area contributed by atoms with Crippen molar-refractivity contribution in [1.82, 2.24) is 4.90 Å². The standard InChI is InChI=1S/C28H33Cl2NO2/c1-6-15-28(5)17-24(21-9-8-10-23(30)16-21)26(20-11-13-22(29)14-12-20)31(27(28)33)25(7-2)18(3)19(4)32/h6,8-14,16,18,24-26H,1,7,15,17H2,2-5H3/t18?,24?,25?,26?,28-/m0/s1. The van der Waals surface area contributed by atoms with Crippen LogP contribution in [0.5, 0.6) is 0 Å². The fourth-order valence-corrected chi connectivity index (χ4v) is 5.64. The Labute approximate surface area is 207 Å². The van der Waals surface area contributed by atoms with Gasteiger partial charge in [-0.1, -0.05) is 74.3 Å². The second-order valence-electron chi connectivity index (χ2n) is 9.50. The summed E-state index contributed by atoms with van der Waals surface area (Å²) in [7, 11) is 0. The highest BCUT2D eigenvalue weighted by Gasteiger charge is 2.51. The van der Waals surface area contributed by atoms with E-state index in [1.54, 1.807) is 6.92 Å². The van der Waals surface area contributed by atoms with E-state index in [9.17, 15) is 9.59 Å². The van der Waals surface area contributed by atoms with E-state index in [1.807, 2.05) is 74.2 Å². The van der Waals surface area contributed by atoms with E-state index in [-0.39, 0.29) is 35.6 Å². The van der Waals surface area contributed by atoms with Crippen molar-refractivity contribution in [2.45, 2.75) is 65.0 Å². The zero-order valence-electron chi connectivity index (χ0n) is 19.9. The molecule has 1 aliphatic rings. The number of likely N-dealkylation sites (tertiary alicyclic amines) is 1. The van der Waals surface area contributed by atoms with Crippen LogP contribution in [-0.4, -0.2) is 22.6 Å². The molecule has 5 atom stereocenters. The highest BCUT2D eigenvalue weighted by atomic mass is 35.5. The maximum Gasteiger partial charge on any atom is 0.229 e. The Kier molecular flexibility index (Phi) is 8.08. The van der Waals surface area contributed by atoms with Gasteiger partial charge in [-0.2, -0.15) is 0 Å². The lowest BCUT2D eigenvalue weighted by molar-refractivity contribution is -0.157. The number of carbonyl (C=O) groups excluding carboxylic acids is 2. The minimum absolute atomic E-state index is 0.000679. The Hall–Kier alpha value is -2.10. The number of nitrogens with zero attached hydrogens (tertiary/aromatic N) is 1. The molecule has 33 heavy (non-hydrogen) atoms. The second-order valence-corrected chi connectivity index (χ2v) is 10.4. The molecule has 0 bridgehead atoms. The number of benzene rings is 2. The number of amides is 1. The van der Waals surface area contributed by atoms with Crippen molar-refractivity contribution < 1.29 is 9.59 Å². The molecule has 1 saturated heterocycles. The average Bonchev–Trinajstić information content (AvgIpc) is 2.77. The van der Waals surface area contributed by atoms with E-state index < -0.39 is 5.41 Å². The molecule has 1 fully saturated rings. The number of allylic oxidation sites excluding steroid dienone is 1. The molecule has 4 unspecified atom stereocenters. The van der Waals surface area contributed by atoms with Gasteiger partial charge in [0.15, 0.2) is 0 Å². The monoisotopic (exact) mass is 485 g/mol. The third-order valence-electron chi connectivity index (χ3n) is 7.18. The summed E-state index contributed by atoms with van der Waals surface area (Å²) in [5.41, 5.74) is 1.47. The van der Waals surface area contributed by atoms with Crippen molar-refractivity contribution in [3.05, 3.63) is 82.4 Å². The van der Waals surface area contributed by atoms with Gasteiger partial charge in [-0.05, 0) is 61.6 Å². The third kappa shape index (κ3) is 5.20. The number of hydrogen-bond donors (Lipinski definition) is 0. The summed E-state index contributed by atoms with van der Waals surface area (Å²) >= 11 is 12.6. The van der Waals surface area contributed by atoms with E-state index in [0.717, 1.165) is 11.1 Å². The zero-order chi connectivity index (χ0) is 24.3. The minimum Gasteiger partial charge on any atom is -0.331 e. The van der Waals surface area contributed by atoms with E-state index in [0.29, 0.717) is 29.3 Å². The van der Waals surface area contributed by atoms with Gasteiger partial charge in [-0.15, -0.1) is 6.58 Å². The molecule has 3 rings (SSSR count). The van der Waals surface area contributed by atoms with Gasteiger partial charge in [-0.25, -0.2) is 0 Å². The Balaban J connectivity index is 2.27. The number of ketones is 1. The topological polar surface area (TPSA) is 37.4 Å². The number of piperidine rings is 1. The third-order valence-corrected chi connectivity index (χ3v) is 7.67. The largest absolute Gasteiger partial charge is 0.331 e. The normalized spacial score (nSPS) is 24.9. The number of rotatable bonds is 8. The van der Waals surface area contributed by atoms with Crippen LogP contribution in [0.1, 0.15) is 70.0 Å². The first-order chi connectivity index (χ1) is 15.6. The molecule has 1 amide bonds. The molecule has 0 N–H and O–H groups in total. The van der Waals surface area contributed by atoms with E-state index >= 15 is 0 Å². The summed E-state index contributed by atoms with van der Waals surface area (Å²) < 4.78 is 0. The van der Waals surface area contributed by atoms with Gasteiger partial charge in [0.25, 0.3) is 0 Å². The Morgan fingerprint density at radius 3 is 2.39 bits per heavy atom. The first-order valence-electron chi connectivity index (χ1n) is 11.6. The molecule has 0 aromatic heterocycles.